The van der Waals surface area contributed by atoms with Crippen LogP contribution in [0.4, 0.5) is 4.39 Å². The fourth-order valence-corrected chi connectivity index (χ4v) is 8.38. The largest absolute Gasteiger partial charge is 0.344 e. The number of hydrogen-bond acceptors (Lipinski definition) is 4. The van der Waals surface area contributed by atoms with Crippen molar-refractivity contribution in [2.24, 2.45) is 5.41 Å². The van der Waals surface area contributed by atoms with E-state index in [0.29, 0.717) is 37.6 Å². The number of halogens is 1. The molecule has 3 aliphatic rings. The highest BCUT2D eigenvalue weighted by Crippen LogP contribution is 2.45. The first-order valence-corrected chi connectivity index (χ1v) is 17.0. The van der Waals surface area contributed by atoms with Gasteiger partial charge in [0.05, 0.1) is 11.0 Å². The topological polar surface area (TPSA) is 70.5 Å². The van der Waals surface area contributed by atoms with Crippen molar-refractivity contribution in [2.45, 2.75) is 116 Å². The lowest BCUT2D eigenvalue weighted by molar-refractivity contribution is -0.140. The Bertz CT molecular complexity index is 1520. The Morgan fingerprint density at radius 1 is 1.02 bits per heavy atom. The Labute approximate surface area is 267 Å². The lowest BCUT2D eigenvalue weighted by atomic mass is 9.70. The van der Waals surface area contributed by atoms with E-state index < -0.39 is 11.5 Å². The zero-order valence-electron chi connectivity index (χ0n) is 27.7. The highest BCUT2D eigenvalue weighted by atomic mass is 19.1. The van der Waals surface area contributed by atoms with Crippen LogP contribution in [0.5, 0.6) is 0 Å². The molecule has 2 aromatic carbocycles. The number of carbonyl (C=O) groups is 2. The Morgan fingerprint density at radius 2 is 1.71 bits per heavy atom. The minimum absolute atomic E-state index is 0.00891. The molecule has 4 heterocycles. The van der Waals surface area contributed by atoms with Gasteiger partial charge in [-0.1, -0.05) is 52.0 Å². The van der Waals surface area contributed by atoms with Gasteiger partial charge >= 0.3 is 0 Å². The van der Waals surface area contributed by atoms with Crippen LogP contribution < -0.4 is 5.32 Å². The zero-order chi connectivity index (χ0) is 31.9. The van der Waals surface area contributed by atoms with Crippen LogP contribution in [0.1, 0.15) is 96.5 Å². The first-order chi connectivity index (χ1) is 21.5. The standard InChI is InChI=1S/C37H50FN5O2/c1-6-31(40-35(45)36(3,4)5)34(44)41-19-16-37(17-20-41,26-10-9-11-27(38)22-26)18-21-42-28-14-15-29(42)24-30(23-28)43-25(2)39-32-12-7-8-13-33(32)43/h7-13,22,28-31H,6,14-21,23-24H2,1-5H3,(H,40,45)/t28-,29+,30?,31-/m0/s1. The smallest absolute Gasteiger partial charge is 0.245 e. The fraction of sp³-hybridized carbons (Fsp3) is 0.595. The zero-order valence-corrected chi connectivity index (χ0v) is 27.7. The van der Waals surface area contributed by atoms with Gasteiger partial charge in [0.25, 0.3) is 0 Å². The lowest BCUT2D eigenvalue weighted by Crippen LogP contribution is -2.54. The minimum Gasteiger partial charge on any atom is -0.344 e. The molecule has 4 atom stereocenters. The van der Waals surface area contributed by atoms with Crippen LogP contribution in [-0.2, 0) is 15.0 Å². The maximum Gasteiger partial charge on any atom is 0.245 e. The molecule has 0 radical (unpaired) electrons. The number of benzene rings is 2. The molecule has 3 saturated heterocycles. The maximum atomic E-state index is 14.6. The third-order valence-electron chi connectivity index (χ3n) is 11.0. The van der Waals surface area contributed by atoms with Crippen LogP contribution in [0.3, 0.4) is 0 Å². The van der Waals surface area contributed by atoms with Gasteiger partial charge in [0.15, 0.2) is 0 Å². The van der Waals surface area contributed by atoms with E-state index in [1.165, 1.54) is 24.4 Å². The normalized spacial score (nSPS) is 24.1. The molecule has 8 heteroatoms. The van der Waals surface area contributed by atoms with Gasteiger partial charge in [-0.2, -0.15) is 0 Å². The van der Waals surface area contributed by atoms with Crippen LogP contribution in [0.15, 0.2) is 48.5 Å². The predicted octanol–water partition coefficient (Wildman–Crippen LogP) is 6.54. The first kappa shape index (κ1) is 31.7. The molecule has 242 valence electrons. The van der Waals surface area contributed by atoms with Crippen LogP contribution in [0.2, 0.25) is 0 Å². The van der Waals surface area contributed by atoms with Crippen LogP contribution in [0, 0.1) is 18.2 Å². The third-order valence-corrected chi connectivity index (χ3v) is 11.0. The van der Waals surface area contributed by atoms with Crippen molar-refractivity contribution in [1.82, 2.24) is 24.7 Å². The van der Waals surface area contributed by atoms with Crippen LogP contribution in [-0.4, -0.2) is 68.9 Å². The van der Waals surface area contributed by atoms with E-state index in [1.807, 2.05) is 38.7 Å². The SMILES string of the molecule is CC[C@H](NC(=O)C(C)(C)C)C(=O)N1CCC(CCN2[C@@H]3CC[C@H]2CC(n2c(C)nc4ccccc42)C3)(c2cccc(F)c2)CC1. The number of amides is 2. The number of rotatable bonds is 8. The summed E-state index contributed by atoms with van der Waals surface area (Å²) in [4.78, 5) is 35.8. The molecule has 3 fully saturated rings. The van der Waals surface area contributed by atoms with Gasteiger partial charge < -0.3 is 14.8 Å². The van der Waals surface area contributed by atoms with E-state index in [0.717, 1.165) is 55.6 Å². The van der Waals surface area contributed by atoms with Crippen molar-refractivity contribution in [3.63, 3.8) is 0 Å². The molecule has 2 amide bonds. The number of hydrogen-bond donors (Lipinski definition) is 1. The number of para-hydroxylation sites is 2. The van der Waals surface area contributed by atoms with E-state index >= 15 is 0 Å². The molecule has 7 nitrogen and oxygen atoms in total. The van der Waals surface area contributed by atoms with E-state index in [2.05, 4.69) is 52.0 Å². The molecule has 1 aromatic heterocycles. The quantitative estimate of drug-likeness (QED) is 0.312. The van der Waals surface area contributed by atoms with Crippen molar-refractivity contribution in [2.75, 3.05) is 19.6 Å². The monoisotopic (exact) mass is 615 g/mol. The number of aryl methyl sites for hydroxylation is 1. The Balaban J connectivity index is 1.15. The van der Waals surface area contributed by atoms with Crippen molar-refractivity contribution in [3.8, 4) is 0 Å². The summed E-state index contributed by atoms with van der Waals surface area (Å²) in [5.41, 5.74) is 2.62. The second kappa shape index (κ2) is 12.5. The van der Waals surface area contributed by atoms with Crippen molar-refractivity contribution < 1.29 is 14.0 Å². The summed E-state index contributed by atoms with van der Waals surface area (Å²) in [6.07, 6.45) is 7.79. The van der Waals surface area contributed by atoms with Gasteiger partial charge in [-0.25, -0.2) is 9.37 Å². The summed E-state index contributed by atoms with van der Waals surface area (Å²) in [6.45, 7) is 11.9. The minimum atomic E-state index is -0.554. The number of nitrogens with one attached hydrogen (secondary N) is 1. The molecule has 2 bridgehead atoms. The number of nitrogens with zero attached hydrogens (tertiary/aromatic N) is 4. The number of likely N-dealkylation sites (tertiary alicyclic amines) is 1. The van der Waals surface area contributed by atoms with E-state index in [4.69, 9.17) is 4.98 Å². The predicted molar refractivity (Wildman–Crippen MR) is 176 cm³/mol. The number of imidazole rings is 1. The van der Waals surface area contributed by atoms with Gasteiger partial charge in [-0.05, 0) is 100 Å². The van der Waals surface area contributed by atoms with E-state index in [-0.39, 0.29) is 23.0 Å². The average Bonchev–Trinajstić information content (AvgIpc) is 3.48. The van der Waals surface area contributed by atoms with Gasteiger partial charge in [-0.3, -0.25) is 14.5 Å². The highest BCUT2D eigenvalue weighted by Gasteiger charge is 2.44. The maximum absolute atomic E-state index is 14.6. The van der Waals surface area contributed by atoms with E-state index in [1.54, 1.807) is 6.07 Å². The Morgan fingerprint density at radius 3 is 2.36 bits per heavy atom. The van der Waals surface area contributed by atoms with E-state index in [9.17, 15) is 14.0 Å². The number of piperidine rings is 2. The Hall–Kier alpha value is -3.26. The van der Waals surface area contributed by atoms with Gasteiger partial charge in [0.2, 0.25) is 11.8 Å². The molecular formula is C37H50FN5O2. The molecule has 1 N–H and O–H groups in total. The molecule has 0 aliphatic carbocycles. The van der Waals surface area contributed by atoms with Crippen LogP contribution in [0.25, 0.3) is 11.0 Å². The Kier molecular flexibility index (Phi) is 8.81. The molecular weight excluding hydrogens is 565 g/mol. The summed E-state index contributed by atoms with van der Waals surface area (Å²) in [7, 11) is 0. The average molecular weight is 616 g/mol. The summed E-state index contributed by atoms with van der Waals surface area (Å²) < 4.78 is 17.1. The molecule has 3 aromatic rings. The molecule has 1 unspecified atom stereocenters. The van der Waals surface area contributed by atoms with Gasteiger partial charge in [0.1, 0.15) is 17.7 Å². The van der Waals surface area contributed by atoms with Gasteiger partial charge in [0, 0.05) is 36.6 Å². The van der Waals surface area contributed by atoms with Crippen molar-refractivity contribution in [1.29, 1.82) is 0 Å². The number of aromatic nitrogens is 2. The second-order valence-corrected chi connectivity index (χ2v) is 14.8. The molecule has 0 spiro atoms. The fourth-order valence-electron chi connectivity index (χ4n) is 8.38. The third kappa shape index (κ3) is 6.27. The van der Waals surface area contributed by atoms with Crippen LogP contribution >= 0.6 is 0 Å². The highest BCUT2D eigenvalue weighted by molar-refractivity contribution is 5.89. The second-order valence-electron chi connectivity index (χ2n) is 14.8. The number of fused-ring (bicyclic) bond motifs is 3. The molecule has 45 heavy (non-hydrogen) atoms. The summed E-state index contributed by atoms with van der Waals surface area (Å²) in [5.74, 6) is 0.780. The molecule has 6 rings (SSSR count). The molecule has 3 aliphatic heterocycles. The molecule has 0 saturated carbocycles. The lowest BCUT2D eigenvalue weighted by Gasteiger charge is -2.46. The van der Waals surface area contributed by atoms with Gasteiger partial charge in [-0.15, -0.1) is 0 Å². The summed E-state index contributed by atoms with van der Waals surface area (Å²) >= 11 is 0. The van der Waals surface area contributed by atoms with Crippen molar-refractivity contribution >= 4 is 22.8 Å². The van der Waals surface area contributed by atoms with Crippen molar-refractivity contribution in [3.05, 3.63) is 65.7 Å². The first-order valence-electron chi connectivity index (χ1n) is 17.0. The summed E-state index contributed by atoms with van der Waals surface area (Å²) in [6, 6.07) is 16.6. The summed E-state index contributed by atoms with van der Waals surface area (Å²) in [5, 5.41) is 2.98. The number of carbonyl (C=O) groups excluding carboxylic acids is 2.